The first kappa shape index (κ1) is 20.2. The lowest BCUT2D eigenvalue weighted by Crippen LogP contribution is -2.35. The molecule has 0 aliphatic rings. The van der Waals surface area contributed by atoms with Crippen LogP contribution in [0, 0.1) is 0 Å². The number of rotatable bonds is 9. The van der Waals surface area contributed by atoms with Gasteiger partial charge in [-0.15, -0.1) is 0 Å². The molecule has 136 valence electrons. The number of ether oxygens (including phenoxy) is 2. The average Bonchev–Trinajstić information content (AvgIpc) is 2.51. The van der Waals surface area contributed by atoms with E-state index in [1.54, 1.807) is 14.2 Å². The molecule has 1 atom stereocenters. The molecular formula is C16H26N2O5S. The van der Waals surface area contributed by atoms with E-state index in [-0.39, 0.29) is 24.1 Å². The minimum Gasteiger partial charge on any atom is -0.493 e. The number of likely N-dealkylation sites (N-methyl/N-ethyl adjacent to an activating group) is 1. The number of benzene rings is 1. The Morgan fingerprint density at radius 2 is 1.83 bits per heavy atom. The van der Waals surface area contributed by atoms with Crippen LogP contribution in [0.4, 0.5) is 0 Å². The van der Waals surface area contributed by atoms with Gasteiger partial charge in [0.1, 0.15) is 9.84 Å². The van der Waals surface area contributed by atoms with Gasteiger partial charge in [0, 0.05) is 19.2 Å². The average molecular weight is 358 g/mol. The van der Waals surface area contributed by atoms with Gasteiger partial charge in [-0.3, -0.25) is 4.79 Å². The van der Waals surface area contributed by atoms with Crippen LogP contribution in [0.5, 0.6) is 11.5 Å². The standard InChI is InChI=1S/C16H26N2O5S/c1-18(2)13(11-17-16(19)8-9-24(5,20)21)12-6-7-14(22-3)15(10-12)23-4/h6-7,10,13H,8-9,11H2,1-5H3,(H,17,19). The summed E-state index contributed by atoms with van der Waals surface area (Å²) in [6, 6.07) is 5.52. The smallest absolute Gasteiger partial charge is 0.221 e. The lowest BCUT2D eigenvalue weighted by Gasteiger charge is -2.26. The van der Waals surface area contributed by atoms with Crippen LogP contribution in [0.1, 0.15) is 18.0 Å². The Bertz CT molecular complexity index is 658. The van der Waals surface area contributed by atoms with Crippen molar-refractivity contribution in [3.63, 3.8) is 0 Å². The van der Waals surface area contributed by atoms with Crippen molar-refractivity contribution in [3.8, 4) is 11.5 Å². The first-order valence-corrected chi connectivity index (χ1v) is 9.56. The Hall–Kier alpha value is -1.80. The van der Waals surface area contributed by atoms with Crippen molar-refractivity contribution in [2.75, 3.05) is 46.9 Å². The topological polar surface area (TPSA) is 84.9 Å². The summed E-state index contributed by atoms with van der Waals surface area (Å²) in [6.45, 7) is 0.366. The second-order valence-electron chi connectivity index (χ2n) is 5.78. The highest BCUT2D eigenvalue weighted by Crippen LogP contribution is 2.31. The number of carbonyl (C=O) groups excluding carboxylic acids is 1. The van der Waals surface area contributed by atoms with E-state index in [9.17, 15) is 13.2 Å². The van der Waals surface area contributed by atoms with Crippen LogP contribution in [0.15, 0.2) is 18.2 Å². The summed E-state index contributed by atoms with van der Waals surface area (Å²) in [7, 11) is 3.81. The molecule has 1 unspecified atom stereocenters. The molecule has 0 heterocycles. The minimum atomic E-state index is -3.14. The van der Waals surface area contributed by atoms with Crippen molar-refractivity contribution in [1.82, 2.24) is 10.2 Å². The Morgan fingerprint density at radius 1 is 1.21 bits per heavy atom. The molecule has 8 heteroatoms. The molecule has 0 fully saturated rings. The van der Waals surface area contributed by atoms with Crippen LogP contribution < -0.4 is 14.8 Å². The number of sulfone groups is 1. The predicted molar refractivity (Wildman–Crippen MR) is 93.3 cm³/mol. The Morgan fingerprint density at radius 3 is 2.33 bits per heavy atom. The van der Waals surface area contributed by atoms with Gasteiger partial charge < -0.3 is 19.7 Å². The van der Waals surface area contributed by atoms with Gasteiger partial charge in [-0.1, -0.05) is 6.07 Å². The maximum atomic E-state index is 11.8. The van der Waals surface area contributed by atoms with Gasteiger partial charge in [0.25, 0.3) is 0 Å². The fourth-order valence-corrected chi connectivity index (χ4v) is 2.79. The van der Waals surface area contributed by atoms with Crippen LogP contribution in [-0.4, -0.2) is 66.1 Å². The summed E-state index contributed by atoms with van der Waals surface area (Å²) in [6.07, 6.45) is 1.08. The van der Waals surface area contributed by atoms with Gasteiger partial charge in [0.2, 0.25) is 5.91 Å². The first-order chi connectivity index (χ1) is 11.2. The molecule has 24 heavy (non-hydrogen) atoms. The molecule has 0 saturated heterocycles. The molecule has 0 spiro atoms. The molecule has 0 saturated carbocycles. The summed E-state index contributed by atoms with van der Waals surface area (Å²) in [4.78, 5) is 13.8. The van der Waals surface area contributed by atoms with Crippen LogP contribution in [0.3, 0.4) is 0 Å². The predicted octanol–water partition coefficient (Wildman–Crippen LogP) is 0.857. The fourth-order valence-electron chi connectivity index (χ4n) is 2.24. The van der Waals surface area contributed by atoms with E-state index in [1.807, 2.05) is 37.2 Å². The van der Waals surface area contributed by atoms with E-state index in [0.29, 0.717) is 18.0 Å². The van der Waals surface area contributed by atoms with Gasteiger partial charge in [0.15, 0.2) is 11.5 Å². The number of hydrogen-bond donors (Lipinski definition) is 1. The summed E-state index contributed by atoms with van der Waals surface area (Å²) in [5.74, 6) is 0.816. The zero-order valence-corrected chi connectivity index (χ0v) is 15.6. The fraction of sp³-hybridized carbons (Fsp3) is 0.562. The van der Waals surface area contributed by atoms with Gasteiger partial charge in [-0.05, 0) is 31.8 Å². The van der Waals surface area contributed by atoms with Gasteiger partial charge >= 0.3 is 0 Å². The zero-order valence-electron chi connectivity index (χ0n) is 14.8. The van der Waals surface area contributed by atoms with E-state index in [1.165, 1.54) is 0 Å². The van der Waals surface area contributed by atoms with Crippen molar-refractivity contribution in [3.05, 3.63) is 23.8 Å². The molecule has 0 aliphatic carbocycles. The van der Waals surface area contributed by atoms with Crippen molar-refractivity contribution < 1.29 is 22.7 Å². The second kappa shape index (κ2) is 8.89. The maximum absolute atomic E-state index is 11.8. The molecule has 0 aromatic heterocycles. The Kier molecular flexibility index (Phi) is 7.50. The van der Waals surface area contributed by atoms with Crippen LogP contribution in [-0.2, 0) is 14.6 Å². The molecular weight excluding hydrogens is 332 g/mol. The zero-order chi connectivity index (χ0) is 18.3. The third-order valence-electron chi connectivity index (χ3n) is 3.61. The van der Waals surface area contributed by atoms with E-state index in [4.69, 9.17) is 9.47 Å². The molecule has 0 bridgehead atoms. The lowest BCUT2D eigenvalue weighted by molar-refractivity contribution is -0.120. The molecule has 1 aromatic carbocycles. The van der Waals surface area contributed by atoms with E-state index in [0.717, 1.165) is 11.8 Å². The number of amides is 1. The number of nitrogens with zero attached hydrogens (tertiary/aromatic N) is 1. The number of carbonyl (C=O) groups is 1. The van der Waals surface area contributed by atoms with Crippen LogP contribution in [0.2, 0.25) is 0 Å². The summed E-state index contributed by atoms with van der Waals surface area (Å²) < 4.78 is 32.8. The molecule has 1 rings (SSSR count). The van der Waals surface area contributed by atoms with Crippen molar-refractivity contribution in [2.45, 2.75) is 12.5 Å². The van der Waals surface area contributed by atoms with Crippen molar-refractivity contribution in [2.24, 2.45) is 0 Å². The lowest BCUT2D eigenvalue weighted by atomic mass is 10.0. The van der Waals surface area contributed by atoms with Crippen LogP contribution in [0.25, 0.3) is 0 Å². The summed E-state index contributed by atoms with van der Waals surface area (Å²) >= 11 is 0. The van der Waals surface area contributed by atoms with Crippen molar-refractivity contribution >= 4 is 15.7 Å². The SMILES string of the molecule is COc1ccc(C(CNC(=O)CCS(C)(=O)=O)N(C)C)cc1OC. The maximum Gasteiger partial charge on any atom is 0.221 e. The molecule has 1 aromatic rings. The second-order valence-corrected chi connectivity index (χ2v) is 8.04. The van der Waals surface area contributed by atoms with Crippen molar-refractivity contribution in [1.29, 1.82) is 0 Å². The third-order valence-corrected chi connectivity index (χ3v) is 4.55. The van der Waals surface area contributed by atoms with Gasteiger partial charge in [0.05, 0.1) is 26.0 Å². The Labute approximate surface area is 143 Å². The first-order valence-electron chi connectivity index (χ1n) is 7.50. The number of nitrogens with one attached hydrogen (secondary N) is 1. The molecule has 1 amide bonds. The normalized spacial score (nSPS) is 12.8. The summed E-state index contributed by atoms with van der Waals surface area (Å²) in [5.41, 5.74) is 0.959. The largest absolute Gasteiger partial charge is 0.493 e. The Balaban J connectivity index is 2.79. The highest BCUT2D eigenvalue weighted by molar-refractivity contribution is 7.90. The minimum absolute atomic E-state index is 0.0368. The highest BCUT2D eigenvalue weighted by atomic mass is 32.2. The molecule has 0 radical (unpaired) electrons. The monoisotopic (exact) mass is 358 g/mol. The van der Waals surface area contributed by atoms with E-state index >= 15 is 0 Å². The van der Waals surface area contributed by atoms with Gasteiger partial charge in [-0.2, -0.15) is 0 Å². The highest BCUT2D eigenvalue weighted by Gasteiger charge is 2.18. The number of methoxy groups -OCH3 is 2. The van der Waals surface area contributed by atoms with Gasteiger partial charge in [-0.25, -0.2) is 8.42 Å². The quantitative estimate of drug-likeness (QED) is 0.705. The van der Waals surface area contributed by atoms with E-state index in [2.05, 4.69) is 5.32 Å². The summed E-state index contributed by atoms with van der Waals surface area (Å²) in [5, 5.41) is 2.78. The van der Waals surface area contributed by atoms with E-state index < -0.39 is 9.84 Å². The van der Waals surface area contributed by atoms with Crippen LogP contribution >= 0.6 is 0 Å². The third kappa shape index (κ3) is 6.37. The molecule has 1 N–H and O–H groups in total. The molecule has 0 aliphatic heterocycles. The number of hydrogen-bond acceptors (Lipinski definition) is 6. The molecule has 7 nitrogen and oxygen atoms in total.